The fourth-order valence-electron chi connectivity index (χ4n) is 2.63. The highest BCUT2D eigenvalue weighted by Crippen LogP contribution is 2.25. The van der Waals surface area contributed by atoms with E-state index in [0.29, 0.717) is 28.7 Å². The van der Waals surface area contributed by atoms with Crippen molar-refractivity contribution >= 4 is 40.0 Å². The molecule has 0 spiro atoms. The van der Waals surface area contributed by atoms with Crippen LogP contribution in [0.2, 0.25) is 5.02 Å². The van der Waals surface area contributed by atoms with Crippen LogP contribution in [0.3, 0.4) is 0 Å². The van der Waals surface area contributed by atoms with Gasteiger partial charge in [0.2, 0.25) is 0 Å². The van der Waals surface area contributed by atoms with Crippen LogP contribution in [0.25, 0.3) is 16.7 Å². The van der Waals surface area contributed by atoms with Crippen molar-refractivity contribution in [2.45, 2.75) is 17.8 Å². The third-order valence-corrected chi connectivity index (χ3v) is 4.91. The van der Waals surface area contributed by atoms with Gasteiger partial charge in [0, 0.05) is 24.1 Å². The molecule has 6 nitrogen and oxygen atoms in total. The van der Waals surface area contributed by atoms with Crippen LogP contribution in [0.15, 0.2) is 52.5 Å². The first kappa shape index (κ1) is 16.9. The number of aromatic amines is 1. The molecule has 0 fully saturated rings. The maximum Gasteiger partial charge on any atom is 0.258 e. The van der Waals surface area contributed by atoms with E-state index in [1.807, 2.05) is 25.1 Å². The monoisotopic (exact) mass is 386 g/mol. The van der Waals surface area contributed by atoms with Gasteiger partial charge in [-0.3, -0.25) is 9.20 Å². The van der Waals surface area contributed by atoms with Crippen molar-refractivity contribution in [1.82, 2.24) is 19.4 Å². The maximum atomic E-state index is 12.2. The third-order valence-electron chi connectivity index (χ3n) is 3.78. The molecule has 0 atom stereocenters. The Kier molecular flexibility index (Phi) is 4.57. The van der Waals surface area contributed by atoms with Crippen molar-refractivity contribution in [3.05, 3.63) is 63.7 Å². The van der Waals surface area contributed by atoms with E-state index in [2.05, 4.69) is 15.0 Å². The summed E-state index contributed by atoms with van der Waals surface area (Å²) < 4.78 is 6.94. The lowest BCUT2D eigenvalue weighted by atomic mass is 10.3. The lowest BCUT2D eigenvalue weighted by molar-refractivity contribution is 0.340. The number of aromatic nitrogens is 4. The van der Waals surface area contributed by atoms with Crippen LogP contribution >= 0.6 is 23.4 Å². The Morgan fingerprint density at radius 2 is 2.12 bits per heavy atom. The molecule has 3 heterocycles. The fraction of sp³-hybridized carbons (Fsp3) is 0.167. The lowest BCUT2D eigenvalue weighted by Gasteiger charge is -2.03. The topological polar surface area (TPSA) is 72.3 Å². The molecule has 3 aromatic heterocycles. The Bertz CT molecular complexity index is 1160. The molecule has 0 radical (unpaired) electrons. The SMILES string of the molecule is CCOc1ccc2nc(SCc3cc(=O)n4cc(Cl)ccc4n3)[nH]c2c1. The van der Waals surface area contributed by atoms with Gasteiger partial charge in [0.1, 0.15) is 11.4 Å². The number of fused-ring (bicyclic) bond motifs is 2. The van der Waals surface area contributed by atoms with Gasteiger partial charge in [0.25, 0.3) is 5.56 Å². The summed E-state index contributed by atoms with van der Waals surface area (Å²) in [6.45, 7) is 2.57. The minimum Gasteiger partial charge on any atom is -0.494 e. The summed E-state index contributed by atoms with van der Waals surface area (Å²) in [6.07, 6.45) is 1.57. The molecule has 0 amide bonds. The molecule has 1 N–H and O–H groups in total. The first-order valence-electron chi connectivity index (χ1n) is 8.05. The standard InChI is InChI=1S/C18H15ClN4O2S/c1-2-25-13-4-5-14-15(8-13)22-18(21-14)26-10-12-7-17(24)23-9-11(19)3-6-16(23)20-12/h3-9H,2,10H2,1H3,(H,21,22). The predicted octanol–water partition coefficient (Wildman–Crippen LogP) is 3.92. The minimum atomic E-state index is -0.154. The molecule has 8 heteroatoms. The Morgan fingerprint density at radius 1 is 1.23 bits per heavy atom. The molecule has 0 saturated heterocycles. The normalized spacial score (nSPS) is 11.3. The average molecular weight is 387 g/mol. The van der Waals surface area contributed by atoms with E-state index in [1.54, 1.807) is 18.3 Å². The molecule has 0 aliphatic heterocycles. The van der Waals surface area contributed by atoms with Crippen molar-refractivity contribution in [2.75, 3.05) is 6.61 Å². The summed E-state index contributed by atoms with van der Waals surface area (Å²) in [5.74, 6) is 1.34. The first-order valence-corrected chi connectivity index (χ1v) is 9.42. The zero-order valence-electron chi connectivity index (χ0n) is 13.9. The number of nitrogens with zero attached hydrogens (tertiary/aromatic N) is 3. The van der Waals surface area contributed by atoms with Gasteiger partial charge in [-0.25, -0.2) is 9.97 Å². The Labute approximate surface area is 158 Å². The highest BCUT2D eigenvalue weighted by molar-refractivity contribution is 7.98. The first-order chi connectivity index (χ1) is 12.6. The van der Waals surface area contributed by atoms with Crippen LogP contribution in [0.4, 0.5) is 0 Å². The molecule has 4 rings (SSSR count). The molecule has 0 aliphatic rings. The van der Waals surface area contributed by atoms with Gasteiger partial charge >= 0.3 is 0 Å². The Morgan fingerprint density at radius 3 is 2.96 bits per heavy atom. The summed E-state index contributed by atoms with van der Waals surface area (Å²) in [6, 6.07) is 10.7. The van der Waals surface area contributed by atoms with E-state index in [9.17, 15) is 4.79 Å². The van der Waals surface area contributed by atoms with Crippen molar-refractivity contribution in [1.29, 1.82) is 0 Å². The molecule has 132 valence electrons. The quantitative estimate of drug-likeness (QED) is 0.526. The number of pyridine rings is 1. The molecule has 26 heavy (non-hydrogen) atoms. The number of imidazole rings is 1. The lowest BCUT2D eigenvalue weighted by Crippen LogP contribution is -2.15. The molecule has 1 aromatic carbocycles. The highest BCUT2D eigenvalue weighted by Gasteiger charge is 2.08. The van der Waals surface area contributed by atoms with E-state index >= 15 is 0 Å². The van der Waals surface area contributed by atoms with Gasteiger partial charge in [0.15, 0.2) is 5.16 Å². The number of benzene rings is 1. The smallest absolute Gasteiger partial charge is 0.258 e. The van der Waals surface area contributed by atoms with E-state index in [-0.39, 0.29) is 5.56 Å². The van der Waals surface area contributed by atoms with Crippen molar-refractivity contribution in [3.8, 4) is 5.75 Å². The average Bonchev–Trinajstić information content (AvgIpc) is 3.03. The second-order valence-corrected chi connectivity index (χ2v) is 7.00. The summed E-state index contributed by atoms with van der Waals surface area (Å²) >= 11 is 7.42. The number of rotatable bonds is 5. The fourth-order valence-corrected chi connectivity index (χ4v) is 3.57. The molecular formula is C18H15ClN4O2S. The van der Waals surface area contributed by atoms with E-state index in [1.165, 1.54) is 22.2 Å². The Hall–Kier alpha value is -2.51. The number of nitrogens with one attached hydrogen (secondary N) is 1. The van der Waals surface area contributed by atoms with Gasteiger partial charge < -0.3 is 9.72 Å². The Balaban J connectivity index is 1.57. The molecular weight excluding hydrogens is 372 g/mol. The second-order valence-electron chi connectivity index (χ2n) is 5.60. The maximum absolute atomic E-state index is 12.2. The number of hydrogen-bond donors (Lipinski definition) is 1. The molecule has 0 saturated carbocycles. The second kappa shape index (κ2) is 7.01. The van der Waals surface area contributed by atoms with Gasteiger partial charge in [-0.15, -0.1) is 0 Å². The summed E-state index contributed by atoms with van der Waals surface area (Å²) in [7, 11) is 0. The number of ether oxygens (including phenoxy) is 1. The molecule has 0 bridgehead atoms. The predicted molar refractivity (Wildman–Crippen MR) is 103 cm³/mol. The number of H-pyrrole nitrogens is 1. The van der Waals surface area contributed by atoms with Gasteiger partial charge in [-0.2, -0.15) is 0 Å². The van der Waals surface area contributed by atoms with Gasteiger partial charge in [-0.1, -0.05) is 23.4 Å². The number of halogens is 1. The van der Waals surface area contributed by atoms with Crippen LogP contribution < -0.4 is 10.3 Å². The van der Waals surface area contributed by atoms with E-state index in [4.69, 9.17) is 16.3 Å². The highest BCUT2D eigenvalue weighted by atomic mass is 35.5. The van der Waals surface area contributed by atoms with Gasteiger partial charge in [-0.05, 0) is 31.2 Å². The summed E-state index contributed by atoms with van der Waals surface area (Å²) in [5, 5.41) is 1.27. The third kappa shape index (κ3) is 3.40. The van der Waals surface area contributed by atoms with E-state index in [0.717, 1.165) is 21.9 Å². The summed E-state index contributed by atoms with van der Waals surface area (Å²) in [5.41, 5.74) is 2.90. The van der Waals surface area contributed by atoms with E-state index < -0.39 is 0 Å². The van der Waals surface area contributed by atoms with Crippen LogP contribution in [0, 0.1) is 0 Å². The number of hydrogen-bond acceptors (Lipinski definition) is 5. The molecule has 0 aliphatic carbocycles. The number of thioether (sulfide) groups is 1. The van der Waals surface area contributed by atoms with Crippen LogP contribution in [-0.4, -0.2) is 26.0 Å². The van der Waals surface area contributed by atoms with Crippen LogP contribution in [0.1, 0.15) is 12.6 Å². The molecule has 0 unspecified atom stereocenters. The zero-order valence-corrected chi connectivity index (χ0v) is 15.5. The summed E-state index contributed by atoms with van der Waals surface area (Å²) in [4.78, 5) is 24.5. The van der Waals surface area contributed by atoms with Crippen LogP contribution in [-0.2, 0) is 5.75 Å². The largest absolute Gasteiger partial charge is 0.494 e. The van der Waals surface area contributed by atoms with Gasteiger partial charge in [0.05, 0.1) is 28.4 Å². The van der Waals surface area contributed by atoms with Crippen molar-refractivity contribution < 1.29 is 4.74 Å². The van der Waals surface area contributed by atoms with Crippen molar-refractivity contribution in [2.24, 2.45) is 0 Å². The molecule has 4 aromatic rings. The van der Waals surface area contributed by atoms with Crippen LogP contribution in [0.5, 0.6) is 5.75 Å². The zero-order chi connectivity index (χ0) is 18.1. The minimum absolute atomic E-state index is 0.154. The van der Waals surface area contributed by atoms with Crippen molar-refractivity contribution in [3.63, 3.8) is 0 Å².